The minimum atomic E-state index is -0.616. The number of halogens is 2. The molecule has 19 heavy (non-hydrogen) atoms. The third kappa shape index (κ3) is 2.72. The van der Waals surface area contributed by atoms with Gasteiger partial charge in [-0.1, -0.05) is 34.1 Å². The molecule has 0 bridgehead atoms. The zero-order valence-corrected chi connectivity index (χ0v) is 13.8. The van der Waals surface area contributed by atoms with Gasteiger partial charge in [-0.3, -0.25) is 0 Å². The highest BCUT2D eigenvalue weighted by Crippen LogP contribution is 2.32. The van der Waals surface area contributed by atoms with E-state index in [0.29, 0.717) is 13.2 Å². The Hall–Kier alpha value is -0.430. The normalized spacial score (nSPS) is 15.3. The van der Waals surface area contributed by atoms with Gasteiger partial charge in [0, 0.05) is 13.6 Å². The van der Waals surface area contributed by atoms with Crippen LogP contribution in [0.5, 0.6) is 0 Å². The predicted octanol–water partition coefficient (Wildman–Crippen LogP) is 4.17. The Morgan fingerprint density at radius 3 is 2.74 bits per heavy atom. The van der Waals surface area contributed by atoms with Crippen LogP contribution in [-0.4, -0.2) is 5.11 Å². The molecule has 0 saturated heterocycles. The zero-order valence-electron chi connectivity index (χ0n) is 10.1. The molecule has 0 amide bonds. The molecule has 0 fully saturated rings. The fraction of sp³-hybridized carbons (Fsp3) is 0.200. The second-order valence-electron chi connectivity index (χ2n) is 4.59. The first-order valence-electron chi connectivity index (χ1n) is 5.97. The van der Waals surface area contributed by atoms with Crippen LogP contribution in [0.3, 0.4) is 0 Å². The standard InChI is InChI=1S/C15H12BrIO2/c16-14-4-3-12(17)6-13(14)15(18)9-1-2-10-7-19-8-11(10)5-9/h1-6,15,18H,7-8H2. The van der Waals surface area contributed by atoms with Crippen LogP contribution in [0.4, 0.5) is 0 Å². The zero-order chi connectivity index (χ0) is 13.4. The number of hydrogen-bond acceptors (Lipinski definition) is 2. The maximum absolute atomic E-state index is 10.6. The summed E-state index contributed by atoms with van der Waals surface area (Å²) in [6, 6.07) is 12.0. The van der Waals surface area contributed by atoms with Crippen molar-refractivity contribution in [1.82, 2.24) is 0 Å². The van der Waals surface area contributed by atoms with Gasteiger partial charge < -0.3 is 9.84 Å². The summed E-state index contributed by atoms with van der Waals surface area (Å²) in [5, 5.41) is 10.6. The minimum Gasteiger partial charge on any atom is -0.384 e. The van der Waals surface area contributed by atoms with Crippen molar-refractivity contribution in [2.45, 2.75) is 19.3 Å². The lowest BCUT2D eigenvalue weighted by molar-refractivity contribution is 0.134. The van der Waals surface area contributed by atoms with E-state index < -0.39 is 6.10 Å². The lowest BCUT2D eigenvalue weighted by Crippen LogP contribution is -2.02. The molecule has 1 N–H and O–H groups in total. The van der Waals surface area contributed by atoms with Gasteiger partial charge in [0.05, 0.1) is 13.2 Å². The molecular formula is C15H12BrIO2. The number of aliphatic hydroxyl groups excluding tert-OH is 1. The summed E-state index contributed by atoms with van der Waals surface area (Å²) >= 11 is 5.75. The SMILES string of the molecule is OC(c1ccc2c(c1)COC2)c1cc(I)ccc1Br. The van der Waals surface area contributed by atoms with Crippen LogP contribution >= 0.6 is 38.5 Å². The monoisotopic (exact) mass is 430 g/mol. The fourth-order valence-corrected chi connectivity index (χ4v) is 3.24. The van der Waals surface area contributed by atoms with E-state index in [-0.39, 0.29) is 0 Å². The number of aliphatic hydroxyl groups is 1. The van der Waals surface area contributed by atoms with Gasteiger partial charge in [0.25, 0.3) is 0 Å². The molecular weight excluding hydrogens is 419 g/mol. The first-order valence-corrected chi connectivity index (χ1v) is 7.85. The van der Waals surface area contributed by atoms with Gasteiger partial charge in [0.15, 0.2) is 0 Å². The lowest BCUT2D eigenvalue weighted by Gasteiger charge is -2.15. The average Bonchev–Trinajstić information content (AvgIpc) is 2.88. The molecule has 1 aliphatic rings. The summed E-state index contributed by atoms with van der Waals surface area (Å²) in [6.07, 6.45) is -0.616. The summed E-state index contributed by atoms with van der Waals surface area (Å²) in [6.45, 7) is 1.32. The first-order chi connectivity index (χ1) is 9.15. The Bertz CT molecular complexity index is 628. The lowest BCUT2D eigenvalue weighted by atomic mass is 9.98. The van der Waals surface area contributed by atoms with Gasteiger partial charge in [-0.2, -0.15) is 0 Å². The molecule has 0 radical (unpaired) electrons. The van der Waals surface area contributed by atoms with E-state index in [4.69, 9.17) is 4.74 Å². The fourth-order valence-electron chi connectivity index (χ4n) is 2.27. The number of fused-ring (bicyclic) bond motifs is 1. The molecule has 2 aromatic carbocycles. The quantitative estimate of drug-likeness (QED) is 0.724. The van der Waals surface area contributed by atoms with E-state index in [0.717, 1.165) is 19.2 Å². The van der Waals surface area contributed by atoms with Crippen molar-refractivity contribution in [2.75, 3.05) is 0 Å². The van der Waals surface area contributed by atoms with Gasteiger partial charge in [-0.05, 0) is 57.5 Å². The van der Waals surface area contributed by atoms with Gasteiger partial charge in [0.2, 0.25) is 0 Å². The largest absolute Gasteiger partial charge is 0.384 e. The van der Waals surface area contributed by atoms with Gasteiger partial charge >= 0.3 is 0 Å². The Balaban J connectivity index is 1.99. The van der Waals surface area contributed by atoms with E-state index in [1.807, 2.05) is 36.4 Å². The van der Waals surface area contributed by atoms with Crippen LogP contribution in [-0.2, 0) is 18.0 Å². The summed E-state index contributed by atoms with van der Waals surface area (Å²) < 4.78 is 7.44. The smallest absolute Gasteiger partial charge is 0.105 e. The van der Waals surface area contributed by atoms with Crippen LogP contribution in [0, 0.1) is 3.57 Å². The molecule has 98 valence electrons. The van der Waals surface area contributed by atoms with E-state index in [1.54, 1.807) is 0 Å². The van der Waals surface area contributed by atoms with E-state index in [9.17, 15) is 5.11 Å². The van der Waals surface area contributed by atoms with Crippen LogP contribution in [0.15, 0.2) is 40.9 Å². The summed E-state index contributed by atoms with van der Waals surface area (Å²) in [5.74, 6) is 0. The molecule has 0 aliphatic carbocycles. The number of ether oxygens (including phenoxy) is 1. The molecule has 1 aliphatic heterocycles. The van der Waals surface area contributed by atoms with E-state index >= 15 is 0 Å². The number of rotatable bonds is 2. The van der Waals surface area contributed by atoms with Gasteiger partial charge in [-0.15, -0.1) is 0 Å². The van der Waals surface area contributed by atoms with Crippen molar-refractivity contribution in [3.63, 3.8) is 0 Å². The van der Waals surface area contributed by atoms with Gasteiger partial charge in [-0.25, -0.2) is 0 Å². The second-order valence-corrected chi connectivity index (χ2v) is 6.69. The molecule has 1 heterocycles. The number of hydrogen-bond donors (Lipinski definition) is 1. The van der Waals surface area contributed by atoms with Crippen molar-refractivity contribution in [3.05, 3.63) is 66.7 Å². The summed E-state index contributed by atoms with van der Waals surface area (Å²) in [7, 11) is 0. The highest BCUT2D eigenvalue weighted by atomic mass is 127. The topological polar surface area (TPSA) is 29.5 Å². The molecule has 1 atom stereocenters. The maximum atomic E-state index is 10.6. The Labute approximate surface area is 134 Å². The summed E-state index contributed by atoms with van der Waals surface area (Å²) in [4.78, 5) is 0. The Morgan fingerprint density at radius 2 is 1.89 bits per heavy atom. The van der Waals surface area contributed by atoms with Gasteiger partial charge in [0.1, 0.15) is 6.10 Å². The Morgan fingerprint density at radius 1 is 1.11 bits per heavy atom. The van der Waals surface area contributed by atoms with E-state index in [1.165, 1.54) is 11.1 Å². The molecule has 2 nitrogen and oxygen atoms in total. The molecule has 0 saturated carbocycles. The molecule has 0 spiro atoms. The highest BCUT2D eigenvalue weighted by Gasteiger charge is 2.18. The molecule has 4 heteroatoms. The van der Waals surface area contributed by atoms with Crippen molar-refractivity contribution < 1.29 is 9.84 Å². The highest BCUT2D eigenvalue weighted by molar-refractivity contribution is 14.1. The van der Waals surface area contributed by atoms with Crippen LogP contribution in [0.1, 0.15) is 28.4 Å². The van der Waals surface area contributed by atoms with Crippen LogP contribution in [0.2, 0.25) is 0 Å². The molecule has 0 aromatic heterocycles. The third-order valence-corrected chi connectivity index (χ3v) is 4.71. The molecule has 1 unspecified atom stereocenters. The second kappa shape index (κ2) is 5.52. The summed E-state index contributed by atoms with van der Waals surface area (Å²) in [5.41, 5.74) is 4.20. The molecule has 3 rings (SSSR count). The third-order valence-electron chi connectivity index (χ3n) is 3.31. The number of benzene rings is 2. The minimum absolute atomic E-state index is 0.616. The van der Waals surface area contributed by atoms with Crippen molar-refractivity contribution in [1.29, 1.82) is 0 Å². The van der Waals surface area contributed by atoms with Crippen LogP contribution < -0.4 is 0 Å². The maximum Gasteiger partial charge on any atom is 0.105 e. The molecule has 2 aromatic rings. The average molecular weight is 431 g/mol. The first kappa shape index (κ1) is 13.5. The Kier molecular flexibility index (Phi) is 3.93. The predicted molar refractivity (Wildman–Crippen MR) is 85.9 cm³/mol. The van der Waals surface area contributed by atoms with Crippen LogP contribution in [0.25, 0.3) is 0 Å². The van der Waals surface area contributed by atoms with Crippen molar-refractivity contribution in [2.24, 2.45) is 0 Å². The van der Waals surface area contributed by atoms with Crippen molar-refractivity contribution in [3.8, 4) is 0 Å². The van der Waals surface area contributed by atoms with Crippen molar-refractivity contribution >= 4 is 38.5 Å². The van der Waals surface area contributed by atoms with E-state index in [2.05, 4.69) is 38.5 Å².